The van der Waals surface area contributed by atoms with Gasteiger partial charge in [0.25, 0.3) is 0 Å². The van der Waals surface area contributed by atoms with Gasteiger partial charge < -0.3 is 20.1 Å². The van der Waals surface area contributed by atoms with Crippen LogP contribution in [0.3, 0.4) is 0 Å². The summed E-state index contributed by atoms with van der Waals surface area (Å²) in [6, 6.07) is 6.33. The molecule has 0 fully saturated rings. The molecule has 1 aromatic rings. The molecule has 0 unspecified atom stereocenters. The summed E-state index contributed by atoms with van der Waals surface area (Å²) in [4.78, 5) is 10.4. The molecule has 0 aromatic heterocycles. The van der Waals surface area contributed by atoms with Gasteiger partial charge >= 0.3 is 17.1 Å². The average molecular weight is 233 g/mol. The Morgan fingerprint density at radius 1 is 1.38 bits per heavy atom. The third-order valence-corrected chi connectivity index (χ3v) is 1.33. The number of carboxylic acid groups (broad SMARTS) is 1. The van der Waals surface area contributed by atoms with Crippen molar-refractivity contribution < 1.29 is 37.2 Å². The minimum absolute atomic E-state index is 0. The van der Waals surface area contributed by atoms with E-state index in [2.05, 4.69) is 0 Å². The molecule has 4 nitrogen and oxygen atoms in total. The molecule has 0 heterocycles. The Morgan fingerprint density at radius 2 is 1.92 bits per heavy atom. The Morgan fingerprint density at radius 3 is 2.31 bits per heavy atom. The van der Waals surface area contributed by atoms with E-state index >= 15 is 0 Å². The van der Waals surface area contributed by atoms with Gasteiger partial charge in [-0.15, -0.1) is 0 Å². The van der Waals surface area contributed by atoms with Crippen LogP contribution in [0.25, 0.3) is 0 Å². The fourth-order valence-corrected chi connectivity index (χ4v) is 0.813. The average Bonchev–Trinajstić information content (AvgIpc) is 2.04. The zero-order valence-corrected chi connectivity index (χ0v) is 7.78. The van der Waals surface area contributed by atoms with Crippen LogP contribution in [0.4, 0.5) is 0 Å². The third kappa shape index (κ3) is 3.46. The number of carbonyl (C=O) groups excluding carboxylic acids is 1. The van der Waals surface area contributed by atoms with Crippen molar-refractivity contribution in [2.24, 2.45) is 0 Å². The van der Waals surface area contributed by atoms with Crippen molar-refractivity contribution in [2.75, 3.05) is 7.11 Å². The summed E-state index contributed by atoms with van der Waals surface area (Å²) >= 11 is 0. The van der Waals surface area contributed by atoms with E-state index in [0.717, 1.165) is 0 Å². The molecule has 1 radical (unpaired) electrons. The molecule has 0 amide bonds. The van der Waals surface area contributed by atoms with E-state index in [1.165, 1.54) is 13.2 Å². The van der Waals surface area contributed by atoms with E-state index in [9.17, 15) is 9.90 Å². The molecule has 2 N–H and O–H groups in total. The predicted octanol–water partition coefficient (Wildman–Crippen LogP) is -0.769. The van der Waals surface area contributed by atoms with Crippen LogP contribution in [0.2, 0.25) is 0 Å². The first-order valence-electron chi connectivity index (χ1n) is 3.10. The first kappa shape index (κ1) is 14.5. The van der Waals surface area contributed by atoms with Gasteiger partial charge in [-0.2, -0.15) is 0 Å². The summed E-state index contributed by atoms with van der Waals surface area (Å²) in [5, 5.41) is 10.4. The minimum atomic E-state index is -1.22. The second-order valence-electron chi connectivity index (χ2n) is 1.99. The van der Waals surface area contributed by atoms with Crippen LogP contribution >= 0.6 is 0 Å². The van der Waals surface area contributed by atoms with E-state index < -0.39 is 5.97 Å². The number of carboxylic acids is 1. The summed E-state index contributed by atoms with van der Waals surface area (Å²) in [5.74, 6) is -0.894. The van der Waals surface area contributed by atoms with Crippen LogP contribution in [-0.2, 0) is 17.1 Å². The maximum Gasteiger partial charge on any atom is 2.00 e. The smallest absolute Gasteiger partial charge is 0.545 e. The van der Waals surface area contributed by atoms with Crippen LogP contribution in [0.1, 0.15) is 10.4 Å². The number of ether oxygens (including phenoxy) is 1. The van der Waals surface area contributed by atoms with Crippen LogP contribution in [0.15, 0.2) is 24.3 Å². The van der Waals surface area contributed by atoms with Gasteiger partial charge in [-0.05, 0) is 12.1 Å². The van der Waals surface area contributed by atoms with Crippen LogP contribution in [-0.4, -0.2) is 18.6 Å². The SMILES string of the molecule is COc1ccccc1C(=O)[O-].O.[Cu+2]. The summed E-state index contributed by atoms with van der Waals surface area (Å²) < 4.78 is 4.79. The third-order valence-electron chi connectivity index (χ3n) is 1.33. The maximum atomic E-state index is 10.4. The molecule has 0 bridgehead atoms. The van der Waals surface area contributed by atoms with Gasteiger partial charge in [-0.1, -0.05) is 12.1 Å². The Balaban J connectivity index is 0. The molecule has 1 aromatic carbocycles. The molecule has 75 valence electrons. The van der Waals surface area contributed by atoms with Crippen LogP contribution in [0, 0.1) is 0 Å². The number of benzene rings is 1. The first-order chi connectivity index (χ1) is 5.25. The van der Waals surface area contributed by atoms with Crippen molar-refractivity contribution >= 4 is 5.97 Å². The largest absolute Gasteiger partial charge is 2.00 e. The van der Waals surface area contributed by atoms with E-state index in [-0.39, 0.29) is 28.1 Å². The maximum absolute atomic E-state index is 10.4. The van der Waals surface area contributed by atoms with E-state index in [1.807, 2.05) is 0 Å². The quantitative estimate of drug-likeness (QED) is 0.628. The zero-order valence-electron chi connectivity index (χ0n) is 6.84. The molecule has 0 atom stereocenters. The first-order valence-corrected chi connectivity index (χ1v) is 3.10. The standard InChI is InChI=1S/C8H8O3.Cu.H2O/c1-11-7-5-3-2-4-6(7)8(9)10;;/h2-5H,1H3,(H,9,10);;1H2/q;+2;/p-1. The van der Waals surface area contributed by atoms with Gasteiger partial charge in [-0.25, -0.2) is 0 Å². The molecule has 5 heteroatoms. The molecule has 0 saturated heterocycles. The summed E-state index contributed by atoms with van der Waals surface area (Å²) in [7, 11) is 1.42. The minimum Gasteiger partial charge on any atom is -0.545 e. The Bertz CT molecular complexity index is 275. The molecule has 0 saturated carbocycles. The molecule has 0 aliphatic rings. The number of hydrogen-bond donors (Lipinski definition) is 0. The molecule has 1 rings (SSSR count). The zero-order chi connectivity index (χ0) is 8.27. The molecule has 13 heavy (non-hydrogen) atoms. The van der Waals surface area contributed by atoms with Crippen molar-refractivity contribution in [3.8, 4) is 5.75 Å². The number of carbonyl (C=O) groups is 1. The van der Waals surface area contributed by atoms with Crippen molar-refractivity contribution in [3.05, 3.63) is 29.8 Å². The fraction of sp³-hybridized carbons (Fsp3) is 0.125. The topological polar surface area (TPSA) is 80.9 Å². The molecule has 0 aliphatic heterocycles. The number of hydrogen-bond acceptors (Lipinski definition) is 3. The van der Waals surface area contributed by atoms with Gasteiger partial charge in [0.2, 0.25) is 0 Å². The van der Waals surface area contributed by atoms with E-state index in [4.69, 9.17) is 4.74 Å². The van der Waals surface area contributed by atoms with Crippen molar-refractivity contribution in [1.29, 1.82) is 0 Å². The summed E-state index contributed by atoms with van der Waals surface area (Å²) in [6.45, 7) is 0. The van der Waals surface area contributed by atoms with Crippen LogP contribution < -0.4 is 9.84 Å². The normalized spacial score (nSPS) is 7.77. The Kier molecular flexibility index (Phi) is 7.23. The number of aromatic carboxylic acids is 1. The van der Waals surface area contributed by atoms with E-state index in [0.29, 0.717) is 5.75 Å². The van der Waals surface area contributed by atoms with Crippen LogP contribution in [0.5, 0.6) is 5.75 Å². The second-order valence-corrected chi connectivity index (χ2v) is 1.99. The summed E-state index contributed by atoms with van der Waals surface area (Å²) in [5.41, 5.74) is 0.0787. The molecular weight excluding hydrogens is 224 g/mol. The molecule has 0 aliphatic carbocycles. The number of para-hydroxylation sites is 1. The van der Waals surface area contributed by atoms with E-state index in [1.54, 1.807) is 18.2 Å². The number of rotatable bonds is 2. The predicted molar refractivity (Wildman–Crippen MR) is 40.9 cm³/mol. The Hall–Kier alpha value is -1.03. The van der Waals surface area contributed by atoms with Gasteiger partial charge in [0.15, 0.2) is 0 Å². The summed E-state index contributed by atoms with van der Waals surface area (Å²) in [6.07, 6.45) is 0. The van der Waals surface area contributed by atoms with Gasteiger partial charge in [0.1, 0.15) is 5.75 Å². The molecular formula is C8H9CuO4+. The monoisotopic (exact) mass is 232 g/mol. The van der Waals surface area contributed by atoms with Crippen molar-refractivity contribution in [1.82, 2.24) is 0 Å². The van der Waals surface area contributed by atoms with Gasteiger partial charge in [-0.3, -0.25) is 0 Å². The van der Waals surface area contributed by atoms with Crippen molar-refractivity contribution in [3.63, 3.8) is 0 Å². The second kappa shape index (κ2) is 6.48. The molecule has 0 spiro atoms. The van der Waals surface area contributed by atoms with Gasteiger partial charge in [0, 0.05) is 5.56 Å². The van der Waals surface area contributed by atoms with Gasteiger partial charge in [0.05, 0.1) is 13.1 Å². The van der Waals surface area contributed by atoms with Crippen molar-refractivity contribution in [2.45, 2.75) is 0 Å². The Labute approximate surface area is 86.3 Å². The number of methoxy groups -OCH3 is 1. The fourth-order valence-electron chi connectivity index (χ4n) is 0.813.